The van der Waals surface area contributed by atoms with Crippen molar-refractivity contribution in [1.29, 1.82) is 0 Å². The van der Waals surface area contributed by atoms with E-state index in [1.54, 1.807) is 25.2 Å². The number of rotatable bonds is 10. The van der Waals surface area contributed by atoms with E-state index in [1.165, 1.54) is 19.2 Å². The number of nitrogens with one attached hydrogen (secondary N) is 2. The smallest absolute Gasteiger partial charge is 0.387 e. The first kappa shape index (κ1) is 23.1. The summed E-state index contributed by atoms with van der Waals surface area (Å²) in [6, 6.07) is 11.6. The van der Waals surface area contributed by atoms with Gasteiger partial charge in [0.15, 0.2) is 11.5 Å². The normalized spacial score (nSPS) is 10.8. The Morgan fingerprint density at radius 2 is 1.73 bits per heavy atom. The van der Waals surface area contributed by atoms with Crippen LogP contribution in [0.4, 0.5) is 8.78 Å². The van der Waals surface area contributed by atoms with Crippen molar-refractivity contribution in [1.82, 2.24) is 15.5 Å². The molecule has 2 aromatic rings. The molecular weight excluding hydrogens is 396 g/mol. The highest BCUT2D eigenvalue weighted by Crippen LogP contribution is 2.29. The Kier molecular flexibility index (Phi) is 8.54. The number of hydrogen-bond donors (Lipinski definition) is 2. The molecule has 2 N–H and O–H groups in total. The molecule has 0 saturated carbocycles. The highest BCUT2D eigenvalue weighted by Gasteiger charge is 2.12. The van der Waals surface area contributed by atoms with Crippen molar-refractivity contribution in [2.45, 2.75) is 19.7 Å². The number of carbonyl (C=O) groups is 2. The first-order valence-corrected chi connectivity index (χ1v) is 9.20. The lowest BCUT2D eigenvalue weighted by Gasteiger charge is -2.17. The lowest BCUT2D eigenvalue weighted by molar-refractivity contribution is -0.122. The van der Waals surface area contributed by atoms with Crippen molar-refractivity contribution in [2.75, 3.05) is 27.7 Å². The van der Waals surface area contributed by atoms with Crippen LogP contribution in [0.1, 0.15) is 21.5 Å². The van der Waals surface area contributed by atoms with Gasteiger partial charge in [-0.15, -0.1) is 0 Å². The molecule has 0 spiro atoms. The second-order valence-corrected chi connectivity index (χ2v) is 6.59. The minimum absolute atomic E-state index is 0.0650. The monoisotopic (exact) mass is 421 g/mol. The van der Waals surface area contributed by atoms with E-state index in [-0.39, 0.29) is 36.4 Å². The van der Waals surface area contributed by atoms with Crippen LogP contribution in [-0.2, 0) is 17.9 Å². The largest absolute Gasteiger partial charge is 0.493 e. The number of hydrogen-bond acceptors (Lipinski definition) is 5. The van der Waals surface area contributed by atoms with Gasteiger partial charge in [0.25, 0.3) is 5.91 Å². The molecule has 0 unspecified atom stereocenters. The average Bonchev–Trinajstić information content (AvgIpc) is 2.72. The number of halogens is 2. The van der Waals surface area contributed by atoms with E-state index in [9.17, 15) is 18.4 Å². The Bertz CT molecular complexity index is 860. The van der Waals surface area contributed by atoms with Crippen LogP contribution in [-0.4, -0.2) is 51.1 Å². The Morgan fingerprint density at radius 3 is 2.33 bits per heavy atom. The fourth-order valence-electron chi connectivity index (χ4n) is 2.79. The van der Waals surface area contributed by atoms with Crippen LogP contribution in [0.15, 0.2) is 42.5 Å². The van der Waals surface area contributed by atoms with Crippen molar-refractivity contribution in [3.05, 3.63) is 59.2 Å². The molecule has 0 atom stereocenters. The maximum atomic E-state index is 12.4. The zero-order valence-corrected chi connectivity index (χ0v) is 17.1. The molecular formula is C21H25F2N3O4. The molecule has 0 fully saturated rings. The second kappa shape index (κ2) is 11.1. The van der Waals surface area contributed by atoms with Crippen molar-refractivity contribution in [3.63, 3.8) is 0 Å². The summed E-state index contributed by atoms with van der Waals surface area (Å²) in [6.45, 7) is -2.02. The SMILES string of the molecule is CNC(=O)c1ccc(CN(C)CC(=O)NCc2ccc(OC(F)F)c(OC)c2)cc1. The highest BCUT2D eigenvalue weighted by atomic mass is 19.3. The van der Waals surface area contributed by atoms with Crippen molar-refractivity contribution in [2.24, 2.45) is 0 Å². The Morgan fingerprint density at radius 1 is 1.07 bits per heavy atom. The molecule has 0 bridgehead atoms. The number of nitrogens with zero attached hydrogens (tertiary/aromatic N) is 1. The van der Waals surface area contributed by atoms with Crippen LogP contribution < -0.4 is 20.1 Å². The first-order valence-electron chi connectivity index (χ1n) is 9.20. The van der Waals surface area contributed by atoms with Crippen molar-refractivity contribution in [3.8, 4) is 11.5 Å². The van der Waals surface area contributed by atoms with E-state index >= 15 is 0 Å². The van der Waals surface area contributed by atoms with E-state index in [2.05, 4.69) is 15.4 Å². The summed E-state index contributed by atoms with van der Waals surface area (Å²) < 4.78 is 34.2. The van der Waals surface area contributed by atoms with Crippen LogP contribution in [0.25, 0.3) is 0 Å². The third-order valence-electron chi connectivity index (χ3n) is 4.24. The van der Waals surface area contributed by atoms with Gasteiger partial charge < -0.3 is 20.1 Å². The average molecular weight is 421 g/mol. The van der Waals surface area contributed by atoms with Gasteiger partial charge in [-0.25, -0.2) is 0 Å². The van der Waals surface area contributed by atoms with Gasteiger partial charge in [0.05, 0.1) is 13.7 Å². The lowest BCUT2D eigenvalue weighted by Crippen LogP contribution is -2.34. The third-order valence-corrected chi connectivity index (χ3v) is 4.24. The van der Waals surface area contributed by atoms with Gasteiger partial charge in [0.2, 0.25) is 5.91 Å². The van der Waals surface area contributed by atoms with E-state index < -0.39 is 6.61 Å². The van der Waals surface area contributed by atoms with Gasteiger partial charge in [-0.05, 0) is 42.4 Å². The molecule has 0 heterocycles. The molecule has 162 valence electrons. The Balaban J connectivity index is 1.84. The topological polar surface area (TPSA) is 79.9 Å². The standard InChI is InChI=1S/C21H25F2N3O4/c1-24-20(28)16-7-4-14(5-8-16)12-26(2)13-19(27)25-11-15-6-9-17(30-21(22)23)18(10-15)29-3/h4-10,21H,11-13H2,1-3H3,(H,24,28)(H,25,27). The molecule has 0 aliphatic rings. The van der Waals surface area contributed by atoms with E-state index in [0.29, 0.717) is 17.7 Å². The zero-order valence-electron chi connectivity index (χ0n) is 17.1. The number of likely N-dealkylation sites (N-methyl/N-ethyl adjacent to an activating group) is 1. The van der Waals surface area contributed by atoms with Gasteiger partial charge in [0.1, 0.15) is 0 Å². The number of methoxy groups -OCH3 is 1. The maximum Gasteiger partial charge on any atom is 0.387 e. The molecule has 0 aliphatic heterocycles. The number of amides is 2. The molecule has 30 heavy (non-hydrogen) atoms. The summed E-state index contributed by atoms with van der Waals surface area (Å²) in [5, 5.41) is 5.34. The summed E-state index contributed by atoms with van der Waals surface area (Å²) in [5.74, 6) is -0.241. The van der Waals surface area contributed by atoms with Gasteiger partial charge in [-0.1, -0.05) is 18.2 Å². The van der Waals surface area contributed by atoms with E-state index in [4.69, 9.17) is 4.74 Å². The minimum atomic E-state index is -2.94. The van der Waals surface area contributed by atoms with Crippen LogP contribution in [0.3, 0.4) is 0 Å². The third kappa shape index (κ3) is 7.00. The molecule has 2 rings (SSSR count). The van der Waals surface area contributed by atoms with Crippen LogP contribution in [0.2, 0.25) is 0 Å². The number of alkyl halides is 2. The summed E-state index contributed by atoms with van der Waals surface area (Å²) >= 11 is 0. The second-order valence-electron chi connectivity index (χ2n) is 6.59. The fraction of sp³-hybridized carbons (Fsp3) is 0.333. The molecule has 9 heteroatoms. The highest BCUT2D eigenvalue weighted by molar-refractivity contribution is 5.93. The first-order chi connectivity index (χ1) is 14.3. The zero-order chi connectivity index (χ0) is 22.1. The van der Waals surface area contributed by atoms with E-state index in [1.807, 2.05) is 24.1 Å². The summed E-state index contributed by atoms with van der Waals surface area (Å²) in [4.78, 5) is 25.6. The molecule has 0 aliphatic carbocycles. The Labute approximate surface area is 174 Å². The molecule has 0 radical (unpaired) electrons. The summed E-state index contributed by atoms with van der Waals surface area (Å²) in [7, 11) is 4.74. The Hall–Kier alpha value is -3.20. The summed E-state index contributed by atoms with van der Waals surface area (Å²) in [5.41, 5.74) is 2.23. The van der Waals surface area contributed by atoms with Crippen LogP contribution in [0.5, 0.6) is 11.5 Å². The molecule has 7 nitrogen and oxygen atoms in total. The van der Waals surface area contributed by atoms with Crippen LogP contribution in [0, 0.1) is 0 Å². The van der Waals surface area contributed by atoms with Gasteiger partial charge in [-0.3, -0.25) is 14.5 Å². The number of carbonyl (C=O) groups excluding carboxylic acids is 2. The predicted molar refractivity (Wildman–Crippen MR) is 108 cm³/mol. The van der Waals surface area contributed by atoms with Gasteiger partial charge in [0, 0.05) is 25.7 Å². The molecule has 2 aromatic carbocycles. The predicted octanol–water partition coefficient (Wildman–Crippen LogP) is 2.40. The lowest BCUT2D eigenvalue weighted by atomic mass is 10.1. The van der Waals surface area contributed by atoms with Gasteiger partial charge in [-0.2, -0.15) is 8.78 Å². The quantitative estimate of drug-likeness (QED) is 0.616. The van der Waals surface area contributed by atoms with Crippen molar-refractivity contribution >= 4 is 11.8 Å². The minimum Gasteiger partial charge on any atom is -0.493 e. The molecule has 0 aromatic heterocycles. The van der Waals surface area contributed by atoms with Gasteiger partial charge >= 0.3 is 6.61 Å². The van der Waals surface area contributed by atoms with E-state index in [0.717, 1.165) is 5.56 Å². The summed E-state index contributed by atoms with van der Waals surface area (Å²) in [6.07, 6.45) is 0. The molecule has 0 saturated heterocycles. The number of benzene rings is 2. The fourth-order valence-corrected chi connectivity index (χ4v) is 2.79. The molecule has 2 amide bonds. The van der Waals surface area contributed by atoms with Crippen molar-refractivity contribution < 1.29 is 27.8 Å². The van der Waals surface area contributed by atoms with Crippen LogP contribution >= 0.6 is 0 Å². The maximum absolute atomic E-state index is 12.4. The number of ether oxygens (including phenoxy) is 2.